The molecule has 20 heavy (non-hydrogen) atoms. The van der Waals surface area contributed by atoms with Gasteiger partial charge in [0.15, 0.2) is 18.3 Å². The maximum absolute atomic E-state index is 12.1. The summed E-state index contributed by atoms with van der Waals surface area (Å²) in [5.41, 5.74) is 1.23. The van der Waals surface area contributed by atoms with Gasteiger partial charge >= 0.3 is 5.97 Å². The van der Waals surface area contributed by atoms with Gasteiger partial charge in [-0.25, -0.2) is 4.98 Å². The zero-order valence-electron chi connectivity index (χ0n) is 12.9. The van der Waals surface area contributed by atoms with Crippen LogP contribution in [0.5, 0.6) is 0 Å². The van der Waals surface area contributed by atoms with Crippen LogP contribution in [0.25, 0.3) is 0 Å². The third-order valence-corrected chi connectivity index (χ3v) is 3.92. The number of aryl methyl sites for hydroxylation is 1. The molecule has 2 rings (SSSR count). The molecule has 110 valence electrons. The van der Waals surface area contributed by atoms with Gasteiger partial charge in [-0.3, -0.25) is 9.89 Å². The molecule has 0 radical (unpaired) electrons. The Bertz CT molecular complexity index is 527. The number of esters is 1. The van der Waals surface area contributed by atoms with E-state index in [1.54, 1.807) is 0 Å². The third kappa shape index (κ3) is 2.92. The molecule has 1 N–H and O–H groups in total. The van der Waals surface area contributed by atoms with Crippen molar-refractivity contribution in [2.45, 2.75) is 47.6 Å². The minimum absolute atomic E-state index is 0.00958. The molecule has 5 nitrogen and oxygen atoms in total. The van der Waals surface area contributed by atoms with E-state index in [4.69, 9.17) is 4.74 Å². The van der Waals surface area contributed by atoms with Gasteiger partial charge in [-0.15, -0.1) is 0 Å². The van der Waals surface area contributed by atoms with Crippen molar-refractivity contribution in [1.29, 1.82) is 0 Å². The fourth-order valence-electron chi connectivity index (χ4n) is 2.58. The van der Waals surface area contributed by atoms with Crippen molar-refractivity contribution >= 4 is 5.97 Å². The van der Waals surface area contributed by atoms with Crippen molar-refractivity contribution in [3.63, 3.8) is 0 Å². The molecule has 0 amide bonds. The molecule has 2 atom stereocenters. The molecule has 0 unspecified atom stereocenters. The molecule has 1 aliphatic rings. The average Bonchev–Trinajstić information content (AvgIpc) is 2.77. The highest BCUT2D eigenvalue weighted by molar-refractivity contribution is 5.78. The number of nitrogens with zero attached hydrogens (tertiary/aromatic N) is 2. The van der Waals surface area contributed by atoms with Crippen LogP contribution in [0.15, 0.2) is 11.6 Å². The van der Waals surface area contributed by atoms with Crippen LogP contribution in [0.3, 0.4) is 0 Å². The highest BCUT2D eigenvalue weighted by Crippen LogP contribution is 2.59. The molecule has 1 aliphatic carbocycles. The number of hydrogen-bond donors (Lipinski definition) is 1. The number of carbonyl (C=O) groups excluding carboxylic acids is 1. The molecule has 0 aliphatic heterocycles. The van der Waals surface area contributed by atoms with E-state index >= 15 is 0 Å². The zero-order chi connectivity index (χ0) is 14.9. The highest BCUT2D eigenvalue weighted by Gasteiger charge is 2.61. The van der Waals surface area contributed by atoms with E-state index in [0.717, 1.165) is 12.2 Å². The molecule has 1 aromatic heterocycles. The van der Waals surface area contributed by atoms with E-state index in [0.29, 0.717) is 5.82 Å². The maximum Gasteiger partial charge on any atom is 0.310 e. The number of carbonyl (C=O) groups is 1. The summed E-state index contributed by atoms with van der Waals surface area (Å²) in [6.07, 6.45) is 2.93. The monoisotopic (exact) mass is 277 g/mol. The zero-order valence-corrected chi connectivity index (χ0v) is 12.9. The summed E-state index contributed by atoms with van der Waals surface area (Å²) < 4.78 is 5.36. The minimum atomic E-state index is -0.146. The Morgan fingerprint density at radius 2 is 2.15 bits per heavy atom. The molecule has 5 heteroatoms. The largest absolute Gasteiger partial charge is 0.457 e. The first-order valence-electron chi connectivity index (χ1n) is 7.08. The van der Waals surface area contributed by atoms with Gasteiger partial charge in [-0.05, 0) is 25.2 Å². The average molecular weight is 277 g/mol. The van der Waals surface area contributed by atoms with Crippen LogP contribution in [0, 0.1) is 17.3 Å². The second-order valence-corrected chi connectivity index (χ2v) is 6.23. The summed E-state index contributed by atoms with van der Waals surface area (Å²) in [6, 6.07) is 0. The number of allylic oxidation sites excluding steroid dienone is 2. The van der Waals surface area contributed by atoms with Crippen molar-refractivity contribution < 1.29 is 9.53 Å². The number of ether oxygens (including phenoxy) is 1. The fraction of sp³-hybridized carbons (Fsp3) is 0.667. The van der Waals surface area contributed by atoms with Gasteiger partial charge in [0.1, 0.15) is 0 Å². The lowest BCUT2D eigenvalue weighted by atomic mass is 10.1. The first kappa shape index (κ1) is 14.8. The number of nitrogens with one attached hydrogen (secondary N) is 1. The van der Waals surface area contributed by atoms with Crippen LogP contribution in [0.2, 0.25) is 0 Å². The lowest BCUT2D eigenvalue weighted by Crippen LogP contribution is -2.11. The Morgan fingerprint density at radius 3 is 2.70 bits per heavy atom. The Labute approximate surface area is 119 Å². The summed E-state index contributed by atoms with van der Waals surface area (Å²) in [6.45, 7) is 10.5. The van der Waals surface area contributed by atoms with Crippen LogP contribution >= 0.6 is 0 Å². The van der Waals surface area contributed by atoms with Gasteiger partial charge in [0.05, 0.1) is 5.92 Å². The predicted molar refractivity (Wildman–Crippen MR) is 75.7 cm³/mol. The molecule has 0 bridgehead atoms. The number of hydrogen-bond acceptors (Lipinski definition) is 4. The van der Waals surface area contributed by atoms with Crippen LogP contribution in [0.4, 0.5) is 0 Å². The molecule has 0 aromatic carbocycles. The summed E-state index contributed by atoms with van der Waals surface area (Å²) in [5, 5.41) is 6.80. The summed E-state index contributed by atoms with van der Waals surface area (Å²) in [5.74, 6) is 1.43. The molecule has 0 saturated heterocycles. The lowest BCUT2D eigenvalue weighted by Gasteiger charge is -2.03. The number of rotatable bonds is 5. The van der Waals surface area contributed by atoms with E-state index in [1.165, 1.54) is 5.57 Å². The molecular formula is C15H23N3O2. The second-order valence-electron chi connectivity index (χ2n) is 6.23. The Morgan fingerprint density at radius 1 is 1.45 bits per heavy atom. The van der Waals surface area contributed by atoms with Crippen molar-refractivity contribution in [2.24, 2.45) is 17.3 Å². The first-order valence-corrected chi connectivity index (χ1v) is 7.08. The predicted octanol–water partition coefficient (Wildman–Crippen LogP) is 2.65. The first-order chi connectivity index (χ1) is 9.36. The van der Waals surface area contributed by atoms with E-state index < -0.39 is 0 Å². The van der Waals surface area contributed by atoms with E-state index in [9.17, 15) is 4.79 Å². The van der Waals surface area contributed by atoms with E-state index in [-0.39, 0.29) is 29.8 Å². The highest BCUT2D eigenvalue weighted by atomic mass is 16.5. The molecule has 1 heterocycles. The van der Waals surface area contributed by atoms with Crippen molar-refractivity contribution in [1.82, 2.24) is 15.2 Å². The Kier molecular flexibility index (Phi) is 3.97. The minimum Gasteiger partial charge on any atom is -0.457 e. The Balaban J connectivity index is 1.91. The number of aromatic nitrogens is 3. The number of H-pyrrole nitrogens is 1. The maximum atomic E-state index is 12.1. The normalized spacial score (nSPS) is 23.2. The van der Waals surface area contributed by atoms with Crippen molar-refractivity contribution in [3.05, 3.63) is 23.3 Å². The standard InChI is InChI=1S/C15H23N3O2/c1-6-11-16-12(18-17-11)8-20-14(19)13-10(7-9(2)3)15(13,4)5/h7,10,13H,6,8H2,1-5H3,(H,16,17,18)/t10-,13-/m0/s1. The lowest BCUT2D eigenvalue weighted by molar-refractivity contribution is -0.147. The summed E-state index contributed by atoms with van der Waals surface area (Å²) in [7, 11) is 0. The number of aromatic amines is 1. The van der Waals surface area contributed by atoms with Crippen molar-refractivity contribution in [2.75, 3.05) is 0 Å². The molecule has 1 saturated carbocycles. The molecule has 0 spiro atoms. The topological polar surface area (TPSA) is 67.9 Å². The SMILES string of the molecule is CCc1n[nH]c(COC(=O)[C@@H]2[C@H](C=C(C)C)C2(C)C)n1. The van der Waals surface area contributed by atoms with E-state index in [2.05, 4.69) is 49.0 Å². The van der Waals surface area contributed by atoms with Crippen molar-refractivity contribution in [3.8, 4) is 0 Å². The van der Waals surface area contributed by atoms with Gasteiger partial charge in [-0.2, -0.15) is 5.10 Å². The second kappa shape index (κ2) is 5.38. The van der Waals surface area contributed by atoms with Crippen LogP contribution < -0.4 is 0 Å². The van der Waals surface area contributed by atoms with Gasteiger partial charge < -0.3 is 4.74 Å². The van der Waals surface area contributed by atoms with Crippen LogP contribution in [0.1, 0.15) is 46.3 Å². The summed E-state index contributed by atoms with van der Waals surface area (Å²) in [4.78, 5) is 16.4. The smallest absolute Gasteiger partial charge is 0.310 e. The molecular weight excluding hydrogens is 254 g/mol. The van der Waals surface area contributed by atoms with Gasteiger partial charge in [-0.1, -0.05) is 32.4 Å². The quantitative estimate of drug-likeness (QED) is 0.663. The van der Waals surface area contributed by atoms with Gasteiger partial charge in [0, 0.05) is 6.42 Å². The van der Waals surface area contributed by atoms with Crippen LogP contribution in [-0.4, -0.2) is 21.2 Å². The van der Waals surface area contributed by atoms with Gasteiger partial charge in [0.2, 0.25) is 0 Å². The summed E-state index contributed by atoms with van der Waals surface area (Å²) >= 11 is 0. The van der Waals surface area contributed by atoms with Crippen LogP contribution in [-0.2, 0) is 22.6 Å². The Hall–Kier alpha value is -1.65. The molecule has 1 fully saturated rings. The van der Waals surface area contributed by atoms with Gasteiger partial charge in [0.25, 0.3) is 0 Å². The molecule has 1 aromatic rings. The third-order valence-electron chi connectivity index (χ3n) is 3.92. The fourth-order valence-corrected chi connectivity index (χ4v) is 2.58. The van der Waals surface area contributed by atoms with E-state index in [1.807, 2.05) is 6.92 Å².